The molecule has 0 N–H and O–H groups in total. The molecule has 1 aromatic heterocycles. The number of carbonyl (C=O) groups excluding carboxylic acids is 1. The molecule has 0 radical (unpaired) electrons. The Labute approximate surface area is 186 Å². The van der Waals surface area contributed by atoms with Crippen molar-refractivity contribution in [2.45, 2.75) is 37.0 Å². The molecule has 3 aromatic rings. The number of carbonyl (C=O) groups is 1. The van der Waals surface area contributed by atoms with E-state index in [-0.39, 0.29) is 16.7 Å². The van der Waals surface area contributed by atoms with Crippen molar-refractivity contribution >= 4 is 21.6 Å². The van der Waals surface area contributed by atoms with Crippen LogP contribution < -0.4 is 4.90 Å². The summed E-state index contributed by atoms with van der Waals surface area (Å²) in [5, 5.41) is 4.06. The minimum atomic E-state index is -3.46. The average molecular weight is 453 g/mol. The summed E-state index contributed by atoms with van der Waals surface area (Å²) < 4.78 is 32.4. The first kappa shape index (κ1) is 20.8. The molecule has 8 nitrogen and oxygen atoms in total. The third-order valence-electron chi connectivity index (χ3n) is 6.08. The van der Waals surface area contributed by atoms with Gasteiger partial charge in [0.2, 0.25) is 27.6 Å². The van der Waals surface area contributed by atoms with Crippen LogP contribution in [0.2, 0.25) is 0 Å². The molecule has 3 heterocycles. The molecule has 0 bridgehead atoms. The molecule has 2 aromatic carbocycles. The van der Waals surface area contributed by atoms with Gasteiger partial charge in [-0.15, -0.1) is 0 Å². The van der Waals surface area contributed by atoms with Crippen LogP contribution in [0.1, 0.15) is 36.6 Å². The molecule has 1 unspecified atom stereocenters. The second-order valence-corrected chi connectivity index (χ2v) is 10.3. The number of aromatic nitrogens is 2. The molecule has 32 heavy (non-hydrogen) atoms. The number of amides is 1. The van der Waals surface area contributed by atoms with Crippen molar-refractivity contribution < 1.29 is 17.7 Å². The highest BCUT2D eigenvalue weighted by Crippen LogP contribution is 2.32. The Hall–Kier alpha value is -3.04. The normalized spacial score (nSPS) is 19.7. The molecule has 2 aliphatic rings. The summed E-state index contributed by atoms with van der Waals surface area (Å²) >= 11 is 0. The first-order valence-electron chi connectivity index (χ1n) is 10.7. The van der Waals surface area contributed by atoms with E-state index in [1.54, 1.807) is 29.2 Å². The van der Waals surface area contributed by atoms with Crippen molar-refractivity contribution in [3.05, 3.63) is 60.0 Å². The third-order valence-corrected chi connectivity index (χ3v) is 7.99. The quantitative estimate of drug-likeness (QED) is 0.589. The lowest BCUT2D eigenvalue weighted by atomic mass is 10.1. The van der Waals surface area contributed by atoms with E-state index < -0.39 is 10.0 Å². The molecule has 1 atom stereocenters. The van der Waals surface area contributed by atoms with Crippen LogP contribution >= 0.6 is 0 Å². The Morgan fingerprint density at radius 3 is 2.38 bits per heavy atom. The van der Waals surface area contributed by atoms with Gasteiger partial charge >= 0.3 is 0 Å². The van der Waals surface area contributed by atoms with Gasteiger partial charge in [-0.3, -0.25) is 4.79 Å². The molecule has 2 saturated heterocycles. The molecule has 0 aliphatic carbocycles. The van der Waals surface area contributed by atoms with Crippen molar-refractivity contribution in [1.82, 2.24) is 14.4 Å². The SMILES string of the molecule is Cc1ccc(N2CC(c3nc(-c4ccc(S(=O)(=O)N5CCCC5)cc4)no3)CC2=O)cc1. The Morgan fingerprint density at radius 1 is 1.00 bits per heavy atom. The maximum Gasteiger partial charge on any atom is 0.243 e. The highest BCUT2D eigenvalue weighted by atomic mass is 32.2. The smallest absolute Gasteiger partial charge is 0.243 e. The minimum absolute atomic E-state index is 0.0232. The first-order chi connectivity index (χ1) is 15.4. The van der Waals surface area contributed by atoms with Crippen LogP contribution in [0, 0.1) is 6.92 Å². The average Bonchev–Trinajstić information content (AvgIpc) is 3.55. The summed E-state index contributed by atoms with van der Waals surface area (Å²) in [4.78, 5) is 19.0. The number of aryl methyl sites for hydroxylation is 1. The molecule has 2 aliphatic heterocycles. The molecular formula is C23H24N4O4S. The van der Waals surface area contributed by atoms with Crippen LogP contribution in [0.25, 0.3) is 11.4 Å². The molecular weight excluding hydrogens is 428 g/mol. The van der Waals surface area contributed by atoms with Crippen LogP contribution in [0.4, 0.5) is 5.69 Å². The van der Waals surface area contributed by atoms with E-state index in [0.717, 1.165) is 24.1 Å². The monoisotopic (exact) mass is 452 g/mol. The molecule has 2 fully saturated rings. The van der Waals surface area contributed by atoms with Gasteiger partial charge in [0.25, 0.3) is 0 Å². The Morgan fingerprint density at radius 2 is 1.69 bits per heavy atom. The molecule has 0 spiro atoms. The van der Waals surface area contributed by atoms with Crippen LogP contribution in [0.5, 0.6) is 0 Å². The Bertz CT molecular complexity index is 1230. The number of hydrogen-bond donors (Lipinski definition) is 0. The van der Waals surface area contributed by atoms with Crippen LogP contribution in [-0.2, 0) is 14.8 Å². The van der Waals surface area contributed by atoms with Crippen molar-refractivity contribution in [3.63, 3.8) is 0 Å². The maximum atomic E-state index is 12.7. The van der Waals surface area contributed by atoms with Crippen molar-refractivity contribution in [3.8, 4) is 11.4 Å². The molecule has 166 valence electrons. The highest BCUT2D eigenvalue weighted by Gasteiger charge is 2.35. The number of sulfonamides is 1. The van der Waals surface area contributed by atoms with E-state index in [2.05, 4.69) is 10.1 Å². The third kappa shape index (κ3) is 3.82. The lowest BCUT2D eigenvalue weighted by molar-refractivity contribution is -0.117. The van der Waals surface area contributed by atoms with Crippen LogP contribution in [0.15, 0.2) is 57.9 Å². The standard InChI is InChI=1S/C23H24N4O4S/c1-16-4-8-19(9-5-16)27-15-18(14-21(27)28)23-24-22(25-31-23)17-6-10-20(11-7-17)32(29,30)26-12-2-3-13-26/h4-11,18H,2-3,12-15H2,1H3. The number of nitrogens with zero attached hydrogens (tertiary/aromatic N) is 4. The Balaban J connectivity index is 1.32. The molecule has 0 saturated carbocycles. The predicted octanol–water partition coefficient (Wildman–Crippen LogP) is 3.35. The van der Waals surface area contributed by atoms with E-state index in [9.17, 15) is 13.2 Å². The molecule has 1 amide bonds. The van der Waals surface area contributed by atoms with Gasteiger partial charge in [0, 0.05) is 37.3 Å². The van der Waals surface area contributed by atoms with Gasteiger partial charge in [0.05, 0.1) is 10.8 Å². The zero-order chi connectivity index (χ0) is 22.3. The summed E-state index contributed by atoms with van der Waals surface area (Å²) in [6.07, 6.45) is 2.10. The van der Waals surface area contributed by atoms with Gasteiger partial charge in [0.15, 0.2) is 0 Å². The van der Waals surface area contributed by atoms with Gasteiger partial charge in [0.1, 0.15) is 0 Å². The van der Waals surface area contributed by atoms with Gasteiger partial charge in [-0.1, -0.05) is 22.9 Å². The fourth-order valence-electron chi connectivity index (χ4n) is 4.22. The largest absolute Gasteiger partial charge is 0.339 e. The number of rotatable bonds is 5. The first-order valence-corrected chi connectivity index (χ1v) is 12.2. The summed E-state index contributed by atoms with van der Waals surface area (Å²) in [5.41, 5.74) is 2.66. The summed E-state index contributed by atoms with van der Waals surface area (Å²) in [6, 6.07) is 14.4. The van der Waals surface area contributed by atoms with E-state index in [0.29, 0.717) is 43.3 Å². The number of hydrogen-bond acceptors (Lipinski definition) is 6. The van der Waals surface area contributed by atoms with Crippen molar-refractivity contribution in [2.75, 3.05) is 24.5 Å². The van der Waals surface area contributed by atoms with Gasteiger partial charge < -0.3 is 9.42 Å². The fraction of sp³-hybridized carbons (Fsp3) is 0.348. The van der Waals surface area contributed by atoms with Crippen LogP contribution in [-0.4, -0.2) is 48.4 Å². The van der Waals surface area contributed by atoms with Gasteiger partial charge in [-0.05, 0) is 56.2 Å². The summed E-state index contributed by atoms with van der Waals surface area (Å²) in [6.45, 7) is 3.62. The van der Waals surface area contributed by atoms with Crippen molar-refractivity contribution in [1.29, 1.82) is 0 Å². The molecule has 5 rings (SSSR count). The van der Waals surface area contributed by atoms with Gasteiger partial charge in [-0.2, -0.15) is 9.29 Å². The highest BCUT2D eigenvalue weighted by molar-refractivity contribution is 7.89. The van der Waals surface area contributed by atoms with E-state index in [4.69, 9.17) is 4.52 Å². The van der Waals surface area contributed by atoms with E-state index in [1.807, 2.05) is 31.2 Å². The van der Waals surface area contributed by atoms with E-state index in [1.165, 1.54) is 4.31 Å². The summed E-state index contributed by atoms with van der Waals surface area (Å²) in [5.74, 6) is 0.637. The van der Waals surface area contributed by atoms with Crippen LogP contribution in [0.3, 0.4) is 0 Å². The Kier molecular flexibility index (Phi) is 5.30. The number of anilines is 1. The number of benzene rings is 2. The zero-order valence-corrected chi connectivity index (χ0v) is 18.6. The topological polar surface area (TPSA) is 96.6 Å². The second-order valence-electron chi connectivity index (χ2n) is 8.33. The molecule has 9 heteroatoms. The predicted molar refractivity (Wildman–Crippen MR) is 119 cm³/mol. The van der Waals surface area contributed by atoms with Gasteiger partial charge in [-0.25, -0.2) is 8.42 Å². The van der Waals surface area contributed by atoms with Crippen molar-refractivity contribution in [2.24, 2.45) is 0 Å². The lowest BCUT2D eigenvalue weighted by Gasteiger charge is -2.16. The summed E-state index contributed by atoms with van der Waals surface area (Å²) in [7, 11) is -3.46. The minimum Gasteiger partial charge on any atom is -0.339 e. The maximum absolute atomic E-state index is 12.7. The van der Waals surface area contributed by atoms with E-state index >= 15 is 0 Å². The fourth-order valence-corrected chi connectivity index (χ4v) is 5.74. The lowest BCUT2D eigenvalue weighted by Crippen LogP contribution is -2.27. The zero-order valence-electron chi connectivity index (χ0n) is 17.8. The second kappa shape index (κ2) is 8.14.